The average Bonchev–Trinajstić information content (AvgIpc) is 2.36. The Morgan fingerprint density at radius 2 is 1.82 bits per heavy atom. The lowest BCUT2D eigenvalue weighted by Gasteiger charge is -2.35. The summed E-state index contributed by atoms with van der Waals surface area (Å²) in [4.78, 5) is 5.97. The number of halogens is 4. The zero-order chi connectivity index (χ0) is 16.5. The molecule has 2 rings (SSSR count). The molecule has 2 nitrogen and oxygen atoms in total. The number of hydrogen-bond acceptors (Lipinski definition) is 2. The molecule has 2 heterocycles. The van der Waals surface area contributed by atoms with Crippen LogP contribution in [0.2, 0.25) is 5.02 Å². The summed E-state index contributed by atoms with van der Waals surface area (Å²) in [5.41, 5.74) is -0.566. The normalized spacial score (nSPS) is 17.9. The SMILES string of the molecule is CC(C)(C)CC1CCN(c2cc(Cl)c(C(F)(F)F)cn2)CC1. The second kappa shape index (κ2) is 6.26. The minimum absolute atomic E-state index is 0.283. The first-order valence-corrected chi connectivity index (χ1v) is 7.92. The Labute approximate surface area is 134 Å². The molecular formula is C16H22ClF3N2. The minimum atomic E-state index is -4.46. The molecule has 0 aromatic carbocycles. The Kier molecular flexibility index (Phi) is 4.95. The van der Waals surface area contributed by atoms with Gasteiger partial charge >= 0.3 is 6.18 Å². The predicted molar refractivity (Wildman–Crippen MR) is 83.3 cm³/mol. The summed E-state index contributed by atoms with van der Waals surface area (Å²) in [5.74, 6) is 1.20. The van der Waals surface area contributed by atoms with Crippen LogP contribution < -0.4 is 4.90 Å². The Morgan fingerprint density at radius 3 is 2.27 bits per heavy atom. The van der Waals surface area contributed by atoms with Gasteiger partial charge in [-0.15, -0.1) is 0 Å². The molecule has 1 saturated heterocycles. The van der Waals surface area contributed by atoms with Gasteiger partial charge in [0.05, 0.1) is 10.6 Å². The van der Waals surface area contributed by atoms with Gasteiger partial charge in [-0.3, -0.25) is 0 Å². The zero-order valence-corrected chi connectivity index (χ0v) is 13.9. The number of nitrogens with zero attached hydrogens (tertiary/aromatic N) is 2. The lowest BCUT2D eigenvalue weighted by atomic mass is 9.80. The third-order valence-electron chi connectivity index (χ3n) is 3.98. The molecule has 0 aliphatic carbocycles. The summed E-state index contributed by atoms with van der Waals surface area (Å²) >= 11 is 5.76. The molecule has 1 aliphatic heterocycles. The molecule has 0 bridgehead atoms. The first-order valence-electron chi connectivity index (χ1n) is 7.54. The highest BCUT2D eigenvalue weighted by atomic mass is 35.5. The number of aromatic nitrogens is 1. The van der Waals surface area contributed by atoms with E-state index in [2.05, 4.69) is 25.8 Å². The van der Waals surface area contributed by atoms with E-state index in [9.17, 15) is 13.2 Å². The van der Waals surface area contributed by atoms with E-state index in [1.807, 2.05) is 4.90 Å². The smallest absolute Gasteiger partial charge is 0.357 e. The Morgan fingerprint density at radius 1 is 1.23 bits per heavy atom. The van der Waals surface area contributed by atoms with Gasteiger partial charge in [0.15, 0.2) is 0 Å². The Balaban J connectivity index is 2.02. The van der Waals surface area contributed by atoms with Gasteiger partial charge in [-0.2, -0.15) is 13.2 Å². The first kappa shape index (κ1) is 17.4. The van der Waals surface area contributed by atoms with Crippen LogP contribution in [0.4, 0.5) is 19.0 Å². The van der Waals surface area contributed by atoms with Gasteiger partial charge in [-0.1, -0.05) is 32.4 Å². The van der Waals surface area contributed by atoms with Gasteiger partial charge in [0.2, 0.25) is 0 Å². The fourth-order valence-corrected chi connectivity index (χ4v) is 3.29. The highest BCUT2D eigenvalue weighted by molar-refractivity contribution is 6.31. The lowest BCUT2D eigenvalue weighted by molar-refractivity contribution is -0.137. The fraction of sp³-hybridized carbons (Fsp3) is 0.688. The van der Waals surface area contributed by atoms with Crippen molar-refractivity contribution in [2.75, 3.05) is 18.0 Å². The molecule has 0 amide bonds. The standard InChI is InChI=1S/C16H22ClF3N2/c1-15(2,3)9-11-4-6-22(7-5-11)14-8-13(17)12(10-21-14)16(18,19)20/h8,10-11H,4-7,9H2,1-3H3. The molecule has 124 valence electrons. The summed E-state index contributed by atoms with van der Waals surface area (Å²) in [5, 5.41) is -0.283. The fourth-order valence-electron chi connectivity index (χ4n) is 3.03. The van der Waals surface area contributed by atoms with E-state index in [0.29, 0.717) is 17.2 Å². The summed E-state index contributed by atoms with van der Waals surface area (Å²) in [7, 11) is 0. The molecule has 0 atom stereocenters. The van der Waals surface area contributed by atoms with Crippen molar-refractivity contribution < 1.29 is 13.2 Å². The minimum Gasteiger partial charge on any atom is -0.357 e. The number of rotatable bonds is 2. The van der Waals surface area contributed by atoms with Gasteiger partial charge in [-0.25, -0.2) is 4.98 Å². The maximum absolute atomic E-state index is 12.7. The lowest BCUT2D eigenvalue weighted by Crippen LogP contribution is -2.35. The maximum atomic E-state index is 12.7. The zero-order valence-electron chi connectivity index (χ0n) is 13.2. The van der Waals surface area contributed by atoms with Crippen LogP contribution in [0.3, 0.4) is 0 Å². The average molecular weight is 335 g/mol. The summed E-state index contributed by atoms with van der Waals surface area (Å²) in [6.07, 6.45) is -0.377. The van der Waals surface area contributed by atoms with Crippen LogP contribution >= 0.6 is 11.6 Å². The van der Waals surface area contributed by atoms with Crippen LogP contribution in [0.5, 0.6) is 0 Å². The molecule has 1 aliphatic rings. The summed E-state index contributed by atoms with van der Waals surface area (Å²) in [6.45, 7) is 8.33. The maximum Gasteiger partial charge on any atom is 0.419 e. The van der Waals surface area contributed by atoms with E-state index >= 15 is 0 Å². The molecule has 1 fully saturated rings. The van der Waals surface area contributed by atoms with Crippen molar-refractivity contribution in [2.45, 2.75) is 46.2 Å². The molecule has 1 aromatic rings. The molecule has 6 heteroatoms. The van der Waals surface area contributed by atoms with Gasteiger partial charge < -0.3 is 4.90 Å². The number of hydrogen-bond donors (Lipinski definition) is 0. The second-order valence-electron chi connectivity index (χ2n) is 7.22. The third kappa shape index (κ3) is 4.51. The summed E-state index contributed by atoms with van der Waals surface area (Å²) < 4.78 is 38.1. The topological polar surface area (TPSA) is 16.1 Å². The van der Waals surface area contributed by atoms with Crippen LogP contribution in [0.15, 0.2) is 12.3 Å². The molecule has 0 unspecified atom stereocenters. The van der Waals surface area contributed by atoms with E-state index in [1.54, 1.807) is 0 Å². The van der Waals surface area contributed by atoms with E-state index in [-0.39, 0.29) is 5.02 Å². The van der Waals surface area contributed by atoms with Crippen LogP contribution in [0, 0.1) is 11.3 Å². The molecule has 1 aromatic heterocycles. The van der Waals surface area contributed by atoms with E-state index in [0.717, 1.165) is 32.1 Å². The van der Waals surface area contributed by atoms with Crippen LogP contribution in [0.25, 0.3) is 0 Å². The monoisotopic (exact) mass is 334 g/mol. The van der Waals surface area contributed by atoms with Crippen molar-refractivity contribution in [1.82, 2.24) is 4.98 Å². The van der Waals surface area contributed by atoms with Crippen LogP contribution in [-0.2, 0) is 6.18 Å². The molecular weight excluding hydrogens is 313 g/mol. The van der Waals surface area contributed by atoms with E-state index < -0.39 is 11.7 Å². The van der Waals surface area contributed by atoms with Gasteiger partial charge in [0, 0.05) is 19.3 Å². The third-order valence-corrected chi connectivity index (χ3v) is 4.30. The van der Waals surface area contributed by atoms with Crippen LogP contribution in [-0.4, -0.2) is 18.1 Å². The molecule has 0 spiro atoms. The van der Waals surface area contributed by atoms with Crippen molar-refractivity contribution in [1.29, 1.82) is 0 Å². The number of pyridine rings is 1. The highest BCUT2D eigenvalue weighted by Gasteiger charge is 2.34. The number of anilines is 1. The Bertz CT molecular complexity index is 515. The molecule has 22 heavy (non-hydrogen) atoms. The first-order chi connectivity index (χ1) is 10.1. The van der Waals surface area contributed by atoms with Crippen molar-refractivity contribution in [3.8, 4) is 0 Å². The number of alkyl halides is 3. The van der Waals surface area contributed by atoms with Gasteiger partial charge in [0.25, 0.3) is 0 Å². The van der Waals surface area contributed by atoms with Gasteiger partial charge in [0.1, 0.15) is 5.82 Å². The Hall–Kier alpha value is -0.970. The van der Waals surface area contributed by atoms with Crippen LogP contribution in [0.1, 0.15) is 45.6 Å². The van der Waals surface area contributed by atoms with Gasteiger partial charge in [-0.05, 0) is 36.7 Å². The quantitative estimate of drug-likeness (QED) is 0.719. The predicted octanol–water partition coefficient (Wildman–Crippen LogP) is 5.41. The van der Waals surface area contributed by atoms with E-state index in [4.69, 9.17) is 11.6 Å². The van der Waals surface area contributed by atoms with Crippen molar-refractivity contribution >= 4 is 17.4 Å². The molecule has 0 saturated carbocycles. The number of piperidine rings is 1. The van der Waals surface area contributed by atoms with E-state index in [1.165, 1.54) is 12.5 Å². The van der Waals surface area contributed by atoms with Crippen molar-refractivity contribution in [3.63, 3.8) is 0 Å². The molecule has 0 radical (unpaired) electrons. The molecule has 0 N–H and O–H groups in total. The second-order valence-corrected chi connectivity index (χ2v) is 7.62. The highest BCUT2D eigenvalue weighted by Crippen LogP contribution is 2.36. The van der Waals surface area contributed by atoms with Crippen molar-refractivity contribution in [3.05, 3.63) is 22.8 Å². The van der Waals surface area contributed by atoms with Crippen molar-refractivity contribution in [2.24, 2.45) is 11.3 Å². The largest absolute Gasteiger partial charge is 0.419 e. The summed E-state index contributed by atoms with van der Waals surface area (Å²) in [6, 6.07) is 1.33.